The van der Waals surface area contributed by atoms with Crippen molar-refractivity contribution in [3.05, 3.63) is 92.6 Å². The number of halogens is 3. The quantitative estimate of drug-likeness (QED) is 0.243. The van der Waals surface area contributed by atoms with E-state index in [-0.39, 0.29) is 24.2 Å². The highest BCUT2D eigenvalue weighted by molar-refractivity contribution is 8.18. The molecule has 0 atom stereocenters. The molecule has 5 nitrogen and oxygen atoms in total. The van der Waals surface area contributed by atoms with Gasteiger partial charge in [-0.25, -0.2) is 9.38 Å². The lowest BCUT2D eigenvalue weighted by atomic mass is 9.94. The number of nitrogens with zero attached hydrogens (tertiary/aromatic N) is 2. The Morgan fingerprint density at radius 2 is 1.80 bits per heavy atom. The number of carbonyl (C=O) groups excluding carboxylic acids is 1. The Bertz CT molecular complexity index is 1440. The summed E-state index contributed by atoms with van der Waals surface area (Å²) in [5, 5.41) is 1.51. The van der Waals surface area contributed by atoms with Crippen LogP contribution in [0.4, 0.5) is 10.1 Å². The second-order valence-corrected chi connectivity index (χ2v) is 11.5. The minimum Gasteiger partial charge on any atom is -0.490 e. The predicted molar refractivity (Wildman–Crippen MR) is 161 cm³/mol. The van der Waals surface area contributed by atoms with Crippen LogP contribution in [-0.4, -0.2) is 28.6 Å². The topological polar surface area (TPSA) is 51.1 Å². The zero-order valence-corrected chi connectivity index (χ0v) is 24.4. The van der Waals surface area contributed by atoms with E-state index >= 15 is 0 Å². The van der Waals surface area contributed by atoms with E-state index in [1.54, 1.807) is 47.4 Å². The first-order valence-corrected chi connectivity index (χ1v) is 14.9. The minimum absolute atomic E-state index is 0.0383. The van der Waals surface area contributed by atoms with Gasteiger partial charge < -0.3 is 9.47 Å². The molecule has 1 heterocycles. The molecule has 1 aliphatic carbocycles. The summed E-state index contributed by atoms with van der Waals surface area (Å²) in [7, 11) is 0. The van der Waals surface area contributed by atoms with Gasteiger partial charge in [0, 0.05) is 11.1 Å². The van der Waals surface area contributed by atoms with Gasteiger partial charge >= 0.3 is 0 Å². The maximum Gasteiger partial charge on any atom is 0.267 e. The number of carbonyl (C=O) groups is 1. The SMILES string of the molecule is CCOc1cc(/C=C2\SC(=Nc3ccccc3F)N(C3CCCCC3)C2=O)cc(Cl)c1OCc1ccc(Cl)cc1. The van der Waals surface area contributed by atoms with Crippen LogP contribution in [0.5, 0.6) is 11.5 Å². The lowest BCUT2D eigenvalue weighted by Gasteiger charge is -2.30. The Morgan fingerprint density at radius 3 is 2.52 bits per heavy atom. The highest BCUT2D eigenvalue weighted by atomic mass is 35.5. The number of ether oxygens (including phenoxy) is 2. The standard InChI is InChI=1S/C31H29Cl2FN2O3S/c1-2-38-27-17-21(16-24(33)29(27)39-19-20-12-14-22(32)15-13-20)18-28-30(37)36(23-8-4-3-5-9-23)31(40-28)35-26-11-7-6-10-25(26)34/h6-7,10-18,23H,2-5,8-9,19H2,1H3/b28-18-,35-31?. The molecule has 0 N–H and O–H groups in total. The monoisotopic (exact) mass is 598 g/mol. The zero-order valence-electron chi connectivity index (χ0n) is 22.0. The van der Waals surface area contributed by atoms with Gasteiger partial charge in [0.1, 0.15) is 18.1 Å². The van der Waals surface area contributed by atoms with Crippen LogP contribution in [0.2, 0.25) is 10.0 Å². The second-order valence-electron chi connectivity index (χ2n) is 9.60. The summed E-state index contributed by atoms with van der Waals surface area (Å²) in [4.78, 5) is 20.5. The van der Waals surface area contributed by atoms with E-state index in [9.17, 15) is 9.18 Å². The van der Waals surface area contributed by atoms with Crippen LogP contribution < -0.4 is 9.47 Å². The number of thioether (sulfide) groups is 1. The average molecular weight is 600 g/mol. The van der Waals surface area contributed by atoms with Gasteiger partial charge in [-0.15, -0.1) is 0 Å². The smallest absolute Gasteiger partial charge is 0.267 e. The number of hydrogen-bond acceptors (Lipinski definition) is 5. The average Bonchev–Trinajstić information content (AvgIpc) is 3.25. The summed E-state index contributed by atoms with van der Waals surface area (Å²) in [5.74, 6) is 0.350. The van der Waals surface area contributed by atoms with Gasteiger partial charge in [0.15, 0.2) is 16.7 Å². The fraction of sp³-hybridized carbons (Fsp3) is 0.290. The molecule has 1 saturated heterocycles. The maximum absolute atomic E-state index is 14.5. The number of aliphatic imine (C=N–C) groups is 1. The zero-order chi connectivity index (χ0) is 28.1. The van der Waals surface area contributed by atoms with Crippen LogP contribution in [-0.2, 0) is 11.4 Å². The van der Waals surface area contributed by atoms with Crippen LogP contribution in [0, 0.1) is 5.82 Å². The molecule has 2 fully saturated rings. The summed E-state index contributed by atoms with van der Waals surface area (Å²) in [6, 6.07) is 17.3. The third-order valence-corrected chi connectivity index (χ3v) is 8.29. The van der Waals surface area contributed by atoms with Crippen molar-refractivity contribution in [1.29, 1.82) is 0 Å². The normalized spacial score (nSPS) is 18.1. The van der Waals surface area contributed by atoms with Gasteiger partial charge in [0.05, 0.1) is 16.5 Å². The Labute approximate surface area is 248 Å². The number of benzene rings is 3. The van der Waals surface area contributed by atoms with E-state index in [1.165, 1.54) is 17.8 Å². The number of amidine groups is 1. The van der Waals surface area contributed by atoms with Gasteiger partial charge in [-0.2, -0.15) is 0 Å². The molecule has 0 radical (unpaired) electrons. The molecule has 2 aliphatic rings. The molecule has 1 amide bonds. The predicted octanol–water partition coefficient (Wildman–Crippen LogP) is 9.05. The highest BCUT2D eigenvalue weighted by Crippen LogP contribution is 2.41. The molecule has 9 heteroatoms. The third kappa shape index (κ3) is 6.65. The fourth-order valence-corrected chi connectivity index (χ4v) is 6.28. The number of amides is 1. The molecule has 1 aliphatic heterocycles. The van der Waals surface area contributed by atoms with E-state index in [1.807, 2.05) is 25.1 Å². The number of rotatable bonds is 8. The van der Waals surface area contributed by atoms with Crippen molar-refractivity contribution in [1.82, 2.24) is 4.90 Å². The van der Waals surface area contributed by atoms with Crippen molar-refractivity contribution < 1.29 is 18.7 Å². The Morgan fingerprint density at radius 1 is 1.05 bits per heavy atom. The van der Waals surface area contributed by atoms with Crippen molar-refractivity contribution in [3.8, 4) is 11.5 Å². The fourth-order valence-electron chi connectivity index (χ4n) is 4.83. The summed E-state index contributed by atoms with van der Waals surface area (Å²) < 4.78 is 26.3. The number of hydrogen-bond donors (Lipinski definition) is 0. The van der Waals surface area contributed by atoms with Gasteiger partial charge in [-0.3, -0.25) is 9.69 Å². The van der Waals surface area contributed by atoms with E-state index in [0.717, 1.165) is 37.7 Å². The Balaban J connectivity index is 1.45. The molecular weight excluding hydrogens is 570 g/mol. The maximum atomic E-state index is 14.5. The first kappa shape index (κ1) is 28.5. The Kier molecular flexibility index (Phi) is 9.35. The second kappa shape index (κ2) is 13.1. The molecule has 40 heavy (non-hydrogen) atoms. The molecule has 3 aromatic rings. The first-order chi connectivity index (χ1) is 19.4. The van der Waals surface area contributed by atoms with Crippen LogP contribution in [0.1, 0.15) is 50.2 Å². The van der Waals surface area contributed by atoms with Gasteiger partial charge in [0.2, 0.25) is 0 Å². The molecule has 1 saturated carbocycles. The van der Waals surface area contributed by atoms with Crippen LogP contribution >= 0.6 is 35.0 Å². The lowest BCUT2D eigenvalue weighted by Crippen LogP contribution is -2.40. The van der Waals surface area contributed by atoms with E-state index in [2.05, 4.69) is 4.99 Å². The minimum atomic E-state index is -0.425. The molecule has 0 aromatic heterocycles. The van der Waals surface area contributed by atoms with Crippen molar-refractivity contribution in [2.45, 2.75) is 51.7 Å². The van der Waals surface area contributed by atoms with E-state index < -0.39 is 5.82 Å². The molecule has 0 spiro atoms. The van der Waals surface area contributed by atoms with Crippen molar-refractivity contribution in [3.63, 3.8) is 0 Å². The number of para-hydroxylation sites is 1. The van der Waals surface area contributed by atoms with Gasteiger partial charge in [-0.05, 0) is 85.1 Å². The summed E-state index contributed by atoms with van der Waals surface area (Å²) in [6.45, 7) is 2.58. The Hall–Kier alpha value is -3.00. The van der Waals surface area contributed by atoms with E-state index in [4.69, 9.17) is 32.7 Å². The molecule has 5 rings (SSSR count). The highest BCUT2D eigenvalue weighted by Gasteiger charge is 2.39. The molecule has 3 aromatic carbocycles. The third-order valence-electron chi connectivity index (χ3n) is 6.77. The van der Waals surface area contributed by atoms with Crippen molar-refractivity contribution in [2.75, 3.05) is 6.61 Å². The molecule has 0 unspecified atom stereocenters. The largest absolute Gasteiger partial charge is 0.490 e. The molecule has 208 valence electrons. The van der Waals surface area contributed by atoms with Crippen LogP contribution in [0.25, 0.3) is 6.08 Å². The van der Waals surface area contributed by atoms with Gasteiger partial charge in [-0.1, -0.05) is 66.7 Å². The van der Waals surface area contributed by atoms with Crippen molar-refractivity contribution in [2.24, 2.45) is 4.99 Å². The van der Waals surface area contributed by atoms with Crippen LogP contribution in [0.3, 0.4) is 0 Å². The van der Waals surface area contributed by atoms with Crippen molar-refractivity contribution >= 4 is 57.8 Å². The van der Waals surface area contributed by atoms with Crippen LogP contribution in [0.15, 0.2) is 70.6 Å². The molecular formula is C31H29Cl2FN2O3S. The van der Waals surface area contributed by atoms with Gasteiger partial charge in [0.25, 0.3) is 5.91 Å². The summed E-state index contributed by atoms with van der Waals surface area (Å²) >= 11 is 13.9. The first-order valence-electron chi connectivity index (χ1n) is 13.3. The summed E-state index contributed by atoms with van der Waals surface area (Å²) in [5.41, 5.74) is 1.84. The summed E-state index contributed by atoms with van der Waals surface area (Å²) in [6.07, 6.45) is 6.83. The lowest BCUT2D eigenvalue weighted by molar-refractivity contribution is -0.124. The van der Waals surface area contributed by atoms with E-state index in [0.29, 0.717) is 43.8 Å². The molecule has 0 bridgehead atoms.